The zero-order chi connectivity index (χ0) is 14.2. The lowest BCUT2D eigenvalue weighted by Crippen LogP contribution is -2.32. The molecular formula is C17H27ClN2O. The van der Waals surface area contributed by atoms with E-state index < -0.39 is 0 Å². The maximum absolute atomic E-state index is 11.6. The molecule has 0 aromatic heterocycles. The summed E-state index contributed by atoms with van der Waals surface area (Å²) in [4.78, 5) is 11.6. The van der Waals surface area contributed by atoms with Gasteiger partial charge in [-0.1, -0.05) is 30.3 Å². The zero-order valence-electron chi connectivity index (χ0n) is 12.8. The maximum Gasteiger partial charge on any atom is 0.221 e. The van der Waals surface area contributed by atoms with E-state index in [-0.39, 0.29) is 18.3 Å². The lowest BCUT2D eigenvalue weighted by molar-refractivity contribution is -0.121. The summed E-state index contributed by atoms with van der Waals surface area (Å²) in [5.41, 5.74) is 1.48. The molecule has 0 heterocycles. The third kappa shape index (κ3) is 6.06. The maximum atomic E-state index is 11.6. The molecule has 118 valence electrons. The Morgan fingerprint density at radius 1 is 1.14 bits per heavy atom. The van der Waals surface area contributed by atoms with Gasteiger partial charge in [0.05, 0.1) is 0 Å². The quantitative estimate of drug-likeness (QED) is 0.847. The van der Waals surface area contributed by atoms with Gasteiger partial charge < -0.3 is 10.6 Å². The number of halogens is 1. The van der Waals surface area contributed by atoms with Crippen LogP contribution in [0.5, 0.6) is 0 Å². The van der Waals surface area contributed by atoms with Crippen molar-refractivity contribution in [2.24, 2.45) is 5.92 Å². The third-order valence-corrected chi connectivity index (χ3v) is 4.31. The first-order chi connectivity index (χ1) is 9.79. The molecule has 0 aliphatic heterocycles. The van der Waals surface area contributed by atoms with E-state index in [1.54, 1.807) is 0 Å². The summed E-state index contributed by atoms with van der Waals surface area (Å²) in [6.07, 6.45) is 5.54. The average molecular weight is 311 g/mol. The molecule has 0 bridgehead atoms. The van der Waals surface area contributed by atoms with Crippen LogP contribution < -0.4 is 10.6 Å². The first kappa shape index (κ1) is 18.0. The molecule has 3 nitrogen and oxygen atoms in total. The molecule has 1 fully saturated rings. The zero-order valence-corrected chi connectivity index (χ0v) is 13.6. The van der Waals surface area contributed by atoms with E-state index in [0.717, 1.165) is 13.1 Å². The van der Waals surface area contributed by atoms with E-state index in [2.05, 4.69) is 41.0 Å². The van der Waals surface area contributed by atoms with Crippen LogP contribution >= 0.6 is 12.4 Å². The van der Waals surface area contributed by atoms with Crippen LogP contribution in [0.1, 0.15) is 43.6 Å². The highest BCUT2D eigenvalue weighted by Gasteiger charge is 2.22. The van der Waals surface area contributed by atoms with Crippen LogP contribution in [0.3, 0.4) is 0 Å². The van der Waals surface area contributed by atoms with Gasteiger partial charge in [-0.25, -0.2) is 0 Å². The number of carbonyl (C=O) groups excluding carboxylic acids is 1. The molecule has 2 rings (SSSR count). The summed E-state index contributed by atoms with van der Waals surface area (Å²) in [6.45, 7) is 1.61. The van der Waals surface area contributed by atoms with Crippen LogP contribution in [0.15, 0.2) is 30.3 Å². The molecule has 1 aromatic carbocycles. The summed E-state index contributed by atoms with van der Waals surface area (Å²) in [5.74, 6) is 1.55. The van der Waals surface area contributed by atoms with Crippen molar-refractivity contribution in [2.45, 2.75) is 38.0 Å². The van der Waals surface area contributed by atoms with Crippen molar-refractivity contribution in [2.75, 3.05) is 20.1 Å². The van der Waals surface area contributed by atoms with Crippen molar-refractivity contribution >= 4 is 18.3 Å². The third-order valence-electron chi connectivity index (χ3n) is 4.31. The number of amides is 1. The van der Waals surface area contributed by atoms with E-state index in [1.165, 1.54) is 31.2 Å². The summed E-state index contributed by atoms with van der Waals surface area (Å²) >= 11 is 0. The van der Waals surface area contributed by atoms with Crippen molar-refractivity contribution in [3.05, 3.63) is 35.9 Å². The van der Waals surface area contributed by atoms with E-state index in [9.17, 15) is 4.79 Å². The van der Waals surface area contributed by atoms with Crippen LogP contribution in [-0.2, 0) is 4.79 Å². The van der Waals surface area contributed by atoms with Crippen molar-refractivity contribution in [1.82, 2.24) is 10.6 Å². The molecule has 1 aliphatic rings. The van der Waals surface area contributed by atoms with Gasteiger partial charge in [-0.2, -0.15) is 0 Å². The highest BCUT2D eigenvalue weighted by molar-refractivity contribution is 5.85. The second-order valence-electron chi connectivity index (χ2n) is 5.79. The first-order valence-electron chi connectivity index (χ1n) is 7.76. The Morgan fingerprint density at radius 3 is 2.43 bits per heavy atom. The Labute approximate surface area is 134 Å². The molecule has 21 heavy (non-hydrogen) atoms. The van der Waals surface area contributed by atoms with Gasteiger partial charge in [-0.15, -0.1) is 12.4 Å². The molecule has 1 saturated carbocycles. The summed E-state index contributed by atoms with van der Waals surface area (Å²) in [7, 11) is 1.87. The first-order valence-corrected chi connectivity index (χ1v) is 7.76. The summed E-state index contributed by atoms with van der Waals surface area (Å²) in [5, 5.41) is 6.06. The largest absolute Gasteiger partial charge is 0.356 e. The molecule has 0 radical (unpaired) electrons. The molecule has 2 N–H and O–H groups in total. The van der Waals surface area contributed by atoms with E-state index >= 15 is 0 Å². The molecule has 4 heteroatoms. The Balaban J connectivity index is 0.00000220. The van der Waals surface area contributed by atoms with Gasteiger partial charge in [0.15, 0.2) is 0 Å². The predicted octanol–water partition coefficient (Wildman–Crippen LogP) is 3.11. The molecule has 0 unspecified atom stereocenters. The van der Waals surface area contributed by atoms with E-state index in [4.69, 9.17) is 0 Å². The predicted molar refractivity (Wildman–Crippen MR) is 89.9 cm³/mol. The molecule has 1 amide bonds. The van der Waals surface area contributed by atoms with Crippen molar-refractivity contribution in [3.63, 3.8) is 0 Å². The smallest absolute Gasteiger partial charge is 0.221 e. The van der Waals surface area contributed by atoms with Gasteiger partial charge in [0, 0.05) is 19.5 Å². The molecule has 1 aromatic rings. The number of benzene rings is 1. The Bertz CT molecular complexity index is 403. The van der Waals surface area contributed by atoms with Gasteiger partial charge in [0.2, 0.25) is 5.91 Å². The summed E-state index contributed by atoms with van der Waals surface area (Å²) < 4.78 is 0. The van der Waals surface area contributed by atoms with E-state index in [1.807, 2.05) is 7.05 Å². The van der Waals surface area contributed by atoms with Crippen molar-refractivity contribution < 1.29 is 4.79 Å². The standard InChI is InChI=1S/C17H26N2O.ClH/c1-18-12-11-17(20)19-13-14-7-9-16(10-8-14)15-5-3-2-4-6-15;/h2-6,14,16,18H,7-13H2,1H3,(H,19,20);1H. The van der Waals surface area contributed by atoms with Crippen molar-refractivity contribution in [1.29, 1.82) is 0 Å². The minimum absolute atomic E-state index is 0. The SMILES string of the molecule is CNCCC(=O)NCC1CCC(c2ccccc2)CC1.Cl. The van der Waals surface area contributed by atoms with Crippen LogP contribution in [0.2, 0.25) is 0 Å². The second-order valence-corrected chi connectivity index (χ2v) is 5.79. The van der Waals surface area contributed by atoms with Gasteiger partial charge in [-0.3, -0.25) is 4.79 Å². The lowest BCUT2D eigenvalue weighted by Gasteiger charge is -2.29. The molecule has 0 atom stereocenters. The molecule has 0 saturated heterocycles. The normalized spacial score (nSPS) is 21.4. The lowest BCUT2D eigenvalue weighted by atomic mass is 9.79. The fourth-order valence-corrected chi connectivity index (χ4v) is 3.01. The fourth-order valence-electron chi connectivity index (χ4n) is 3.01. The number of nitrogens with one attached hydrogen (secondary N) is 2. The van der Waals surface area contributed by atoms with Crippen molar-refractivity contribution in [3.8, 4) is 0 Å². The summed E-state index contributed by atoms with van der Waals surface area (Å²) in [6, 6.07) is 10.8. The molecule has 0 spiro atoms. The Kier molecular flexibility index (Phi) is 8.40. The second kappa shape index (κ2) is 9.80. The highest BCUT2D eigenvalue weighted by atomic mass is 35.5. The Morgan fingerprint density at radius 2 is 1.81 bits per heavy atom. The van der Waals surface area contributed by atoms with Crippen LogP contribution in [0, 0.1) is 5.92 Å². The molecule has 1 aliphatic carbocycles. The van der Waals surface area contributed by atoms with Gasteiger partial charge in [0.25, 0.3) is 0 Å². The average Bonchev–Trinajstić information content (AvgIpc) is 2.52. The number of carbonyl (C=O) groups is 1. The monoisotopic (exact) mass is 310 g/mol. The van der Waals surface area contributed by atoms with Gasteiger partial charge >= 0.3 is 0 Å². The van der Waals surface area contributed by atoms with Crippen LogP contribution in [-0.4, -0.2) is 26.0 Å². The van der Waals surface area contributed by atoms with Crippen LogP contribution in [0.25, 0.3) is 0 Å². The fraction of sp³-hybridized carbons (Fsp3) is 0.588. The van der Waals surface area contributed by atoms with Gasteiger partial charge in [-0.05, 0) is 50.1 Å². The number of rotatable bonds is 6. The molecular weight excluding hydrogens is 284 g/mol. The number of hydrogen-bond acceptors (Lipinski definition) is 2. The Hall–Kier alpha value is -1.06. The number of hydrogen-bond donors (Lipinski definition) is 2. The topological polar surface area (TPSA) is 41.1 Å². The minimum Gasteiger partial charge on any atom is -0.356 e. The highest BCUT2D eigenvalue weighted by Crippen LogP contribution is 2.35. The van der Waals surface area contributed by atoms with Gasteiger partial charge in [0.1, 0.15) is 0 Å². The van der Waals surface area contributed by atoms with E-state index in [0.29, 0.717) is 18.3 Å². The van der Waals surface area contributed by atoms with Crippen LogP contribution in [0.4, 0.5) is 0 Å². The minimum atomic E-state index is 0.